The van der Waals surface area contributed by atoms with E-state index in [1.807, 2.05) is 0 Å². The third-order valence-corrected chi connectivity index (χ3v) is 4.82. The van der Waals surface area contributed by atoms with E-state index >= 15 is 0 Å². The maximum absolute atomic E-state index is 12.8. The molecule has 1 saturated heterocycles. The van der Waals surface area contributed by atoms with Crippen molar-refractivity contribution in [3.63, 3.8) is 0 Å². The van der Waals surface area contributed by atoms with Crippen molar-refractivity contribution in [1.29, 1.82) is 5.26 Å². The van der Waals surface area contributed by atoms with E-state index in [2.05, 4.69) is 5.32 Å². The number of anilines is 1. The summed E-state index contributed by atoms with van der Waals surface area (Å²) in [6, 6.07) is 4.36. The summed E-state index contributed by atoms with van der Waals surface area (Å²) in [5, 5.41) is 11.4. The normalized spacial score (nSPS) is 21.4. The Balaban J connectivity index is 2.25. The second-order valence-corrected chi connectivity index (χ2v) is 6.84. The summed E-state index contributed by atoms with van der Waals surface area (Å²) in [5.74, 6) is -0.0541. The van der Waals surface area contributed by atoms with Crippen molar-refractivity contribution >= 4 is 15.5 Å². The van der Waals surface area contributed by atoms with Gasteiger partial charge in [-0.25, -0.2) is 8.42 Å². The van der Waals surface area contributed by atoms with Crippen molar-refractivity contribution < 1.29 is 21.6 Å². The second-order valence-electron chi connectivity index (χ2n) is 4.61. The first-order chi connectivity index (χ1) is 9.21. The maximum Gasteiger partial charge on any atom is 0.417 e. The largest absolute Gasteiger partial charge is 0.417 e. The number of hydrogen-bond acceptors (Lipinski definition) is 4. The molecule has 0 bridgehead atoms. The van der Waals surface area contributed by atoms with Crippen molar-refractivity contribution in [3.8, 4) is 6.07 Å². The highest BCUT2D eigenvalue weighted by Gasteiger charge is 2.34. The molecule has 0 radical (unpaired) electrons. The van der Waals surface area contributed by atoms with Crippen molar-refractivity contribution in [3.05, 3.63) is 29.3 Å². The van der Waals surface area contributed by atoms with E-state index in [-0.39, 0.29) is 17.2 Å². The molecule has 1 fully saturated rings. The number of rotatable bonds is 2. The van der Waals surface area contributed by atoms with Crippen LogP contribution >= 0.6 is 0 Å². The Kier molecular flexibility index (Phi) is 3.65. The molecular weight excluding hydrogens is 293 g/mol. The minimum atomic E-state index is -4.62. The first-order valence-electron chi connectivity index (χ1n) is 5.79. The van der Waals surface area contributed by atoms with Crippen molar-refractivity contribution in [2.45, 2.75) is 18.6 Å². The lowest BCUT2D eigenvalue weighted by molar-refractivity contribution is -0.137. The van der Waals surface area contributed by atoms with E-state index in [0.29, 0.717) is 6.42 Å². The lowest BCUT2D eigenvalue weighted by Gasteiger charge is -2.15. The summed E-state index contributed by atoms with van der Waals surface area (Å²) in [4.78, 5) is 0. The Morgan fingerprint density at radius 1 is 1.35 bits per heavy atom. The average Bonchev–Trinajstić information content (AvgIpc) is 2.67. The van der Waals surface area contributed by atoms with Gasteiger partial charge in [-0.3, -0.25) is 0 Å². The summed E-state index contributed by atoms with van der Waals surface area (Å²) in [7, 11) is -3.10. The van der Waals surface area contributed by atoms with Gasteiger partial charge in [0.15, 0.2) is 9.84 Å². The number of nitrogens with zero attached hydrogens (tertiary/aromatic N) is 1. The highest BCUT2D eigenvalue weighted by atomic mass is 32.2. The molecule has 0 aromatic heterocycles. The third kappa shape index (κ3) is 3.22. The van der Waals surface area contributed by atoms with Gasteiger partial charge in [0, 0.05) is 11.7 Å². The van der Waals surface area contributed by atoms with Crippen LogP contribution < -0.4 is 5.32 Å². The van der Waals surface area contributed by atoms with Crippen LogP contribution in [0.15, 0.2) is 18.2 Å². The minimum absolute atomic E-state index is 0.0348. The predicted molar refractivity (Wildman–Crippen MR) is 66.8 cm³/mol. The van der Waals surface area contributed by atoms with Gasteiger partial charge >= 0.3 is 6.18 Å². The van der Waals surface area contributed by atoms with Crippen LogP contribution in [0.1, 0.15) is 17.5 Å². The van der Waals surface area contributed by atoms with Gasteiger partial charge in [0.05, 0.1) is 28.7 Å². The Morgan fingerprint density at radius 2 is 2.05 bits per heavy atom. The zero-order chi connectivity index (χ0) is 15.0. The highest BCUT2D eigenvalue weighted by molar-refractivity contribution is 7.91. The van der Waals surface area contributed by atoms with Gasteiger partial charge < -0.3 is 5.32 Å². The molecule has 1 aliphatic heterocycles. The van der Waals surface area contributed by atoms with E-state index in [9.17, 15) is 21.6 Å². The fraction of sp³-hybridized carbons (Fsp3) is 0.417. The van der Waals surface area contributed by atoms with Crippen LogP contribution in [0, 0.1) is 11.3 Å². The SMILES string of the molecule is N#Cc1ccc(N[C@@H]2CCS(=O)(=O)C2)cc1C(F)(F)F. The lowest BCUT2D eigenvalue weighted by Crippen LogP contribution is -2.21. The second kappa shape index (κ2) is 4.98. The predicted octanol–water partition coefficient (Wildman–Crippen LogP) is 2.18. The third-order valence-electron chi connectivity index (χ3n) is 3.05. The van der Waals surface area contributed by atoms with Crippen LogP contribution in [0.4, 0.5) is 18.9 Å². The standard InChI is InChI=1S/C12H11F3N2O2S/c13-12(14,15)11-5-9(2-1-8(11)6-16)17-10-3-4-20(18,19)7-10/h1-2,5,10,17H,3-4,7H2/t10-/m1/s1. The first-order valence-corrected chi connectivity index (χ1v) is 7.62. The molecule has 1 aromatic rings. The summed E-state index contributed by atoms with van der Waals surface area (Å²) in [6.07, 6.45) is -4.26. The van der Waals surface area contributed by atoms with Gasteiger partial charge in [0.25, 0.3) is 0 Å². The number of alkyl halides is 3. The number of nitriles is 1. The van der Waals surface area contributed by atoms with Crippen LogP contribution in [0.3, 0.4) is 0 Å². The van der Waals surface area contributed by atoms with Gasteiger partial charge in [0.1, 0.15) is 0 Å². The van der Waals surface area contributed by atoms with Crippen molar-refractivity contribution in [2.24, 2.45) is 0 Å². The highest BCUT2D eigenvalue weighted by Crippen LogP contribution is 2.34. The van der Waals surface area contributed by atoms with Crippen LogP contribution in [0.25, 0.3) is 0 Å². The number of benzene rings is 1. The topological polar surface area (TPSA) is 70.0 Å². The summed E-state index contributed by atoms with van der Waals surface area (Å²) < 4.78 is 60.9. The van der Waals surface area contributed by atoms with Gasteiger partial charge in [0.2, 0.25) is 0 Å². The van der Waals surface area contributed by atoms with Gasteiger partial charge in [-0.15, -0.1) is 0 Å². The van der Waals surface area contributed by atoms with E-state index < -0.39 is 33.2 Å². The average molecular weight is 304 g/mol. The Bertz CT molecular complexity index is 662. The zero-order valence-electron chi connectivity index (χ0n) is 10.2. The number of halogens is 3. The molecule has 1 aliphatic rings. The van der Waals surface area contributed by atoms with Crippen LogP contribution in [-0.4, -0.2) is 26.0 Å². The van der Waals surface area contributed by atoms with E-state index in [4.69, 9.17) is 5.26 Å². The molecule has 2 rings (SSSR count). The molecule has 0 aliphatic carbocycles. The Labute approximate surface area is 114 Å². The molecule has 0 unspecified atom stereocenters. The monoisotopic (exact) mass is 304 g/mol. The molecule has 0 amide bonds. The number of nitrogens with one attached hydrogen (secondary N) is 1. The molecule has 1 aromatic carbocycles. The molecule has 1 atom stereocenters. The molecule has 20 heavy (non-hydrogen) atoms. The van der Waals surface area contributed by atoms with Gasteiger partial charge in [-0.1, -0.05) is 0 Å². The Hall–Kier alpha value is -1.75. The van der Waals surface area contributed by atoms with Crippen LogP contribution in [-0.2, 0) is 16.0 Å². The van der Waals surface area contributed by atoms with E-state index in [1.165, 1.54) is 12.1 Å². The molecule has 4 nitrogen and oxygen atoms in total. The van der Waals surface area contributed by atoms with Crippen molar-refractivity contribution in [1.82, 2.24) is 0 Å². The molecule has 8 heteroatoms. The first kappa shape index (κ1) is 14.7. The molecule has 0 saturated carbocycles. The minimum Gasteiger partial charge on any atom is -0.381 e. The molecule has 1 heterocycles. The Morgan fingerprint density at radius 3 is 2.55 bits per heavy atom. The fourth-order valence-corrected chi connectivity index (χ4v) is 3.78. The quantitative estimate of drug-likeness (QED) is 0.909. The smallest absolute Gasteiger partial charge is 0.381 e. The lowest BCUT2D eigenvalue weighted by atomic mass is 10.1. The zero-order valence-corrected chi connectivity index (χ0v) is 11.1. The maximum atomic E-state index is 12.8. The van der Waals surface area contributed by atoms with Gasteiger partial charge in [-0.05, 0) is 24.6 Å². The summed E-state index contributed by atoms with van der Waals surface area (Å²) in [5.41, 5.74) is -1.31. The molecule has 0 spiro atoms. The van der Waals surface area contributed by atoms with Gasteiger partial charge in [-0.2, -0.15) is 18.4 Å². The van der Waals surface area contributed by atoms with E-state index in [0.717, 1.165) is 12.1 Å². The molecule has 108 valence electrons. The number of sulfone groups is 1. The molecule has 1 N–H and O–H groups in total. The van der Waals surface area contributed by atoms with Crippen LogP contribution in [0.5, 0.6) is 0 Å². The van der Waals surface area contributed by atoms with Crippen LogP contribution in [0.2, 0.25) is 0 Å². The fourth-order valence-electron chi connectivity index (χ4n) is 2.11. The van der Waals surface area contributed by atoms with E-state index in [1.54, 1.807) is 0 Å². The number of hydrogen-bond donors (Lipinski definition) is 1. The summed E-state index contributed by atoms with van der Waals surface area (Å²) in [6.45, 7) is 0. The van der Waals surface area contributed by atoms with Crippen molar-refractivity contribution in [2.75, 3.05) is 16.8 Å². The molecular formula is C12H11F3N2O2S. The summed E-state index contributed by atoms with van der Waals surface area (Å²) >= 11 is 0.